The molecule has 0 unspecified atom stereocenters. The second kappa shape index (κ2) is 11.2. The van der Waals surface area contributed by atoms with Gasteiger partial charge in [0, 0.05) is 25.7 Å². The Kier molecular flexibility index (Phi) is 8.38. The maximum absolute atomic E-state index is 5.84. The van der Waals surface area contributed by atoms with Crippen LogP contribution in [0.3, 0.4) is 0 Å². The van der Waals surface area contributed by atoms with E-state index in [2.05, 4.69) is 54.6 Å². The van der Waals surface area contributed by atoms with Gasteiger partial charge in [0.15, 0.2) is 5.65 Å². The predicted molar refractivity (Wildman–Crippen MR) is 136 cm³/mol. The number of methoxy groups -OCH3 is 2. The molecule has 8 heteroatoms. The molecule has 0 saturated carbocycles. The van der Waals surface area contributed by atoms with Crippen LogP contribution < -0.4 is 25.4 Å². The summed E-state index contributed by atoms with van der Waals surface area (Å²) >= 11 is 0. The lowest BCUT2D eigenvalue weighted by atomic mass is 10.1. The van der Waals surface area contributed by atoms with E-state index in [1.54, 1.807) is 14.2 Å². The lowest BCUT2D eigenvalue weighted by Crippen LogP contribution is -2.32. The van der Waals surface area contributed by atoms with Gasteiger partial charge in [-0.3, -0.25) is 4.57 Å². The summed E-state index contributed by atoms with van der Waals surface area (Å²) in [6.45, 7) is 12.2. The number of nitrogens with two attached hydrogens (primary N) is 1. The molecule has 0 aliphatic carbocycles. The van der Waals surface area contributed by atoms with E-state index in [0.717, 1.165) is 47.9 Å². The summed E-state index contributed by atoms with van der Waals surface area (Å²) in [5.41, 5.74) is 8.32. The number of nitrogens with zero attached hydrogens (tertiary/aromatic N) is 4. The van der Waals surface area contributed by atoms with Crippen molar-refractivity contribution in [3.05, 3.63) is 30.3 Å². The molecule has 3 N–H and O–H groups in total. The lowest BCUT2D eigenvalue weighted by Gasteiger charge is -2.27. The Morgan fingerprint density at radius 3 is 2.33 bits per heavy atom. The Balaban J connectivity index is 2.05. The fourth-order valence-corrected chi connectivity index (χ4v) is 3.90. The van der Waals surface area contributed by atoms with Gasteiger partial charge in [-0.05, 0) is 49.1 Å². The molecule has 0 radical (unpaired) electrons. The molecule has 0 amide bonds. The predicted octanol–water partition coefficient (Wildman–Crippen LogP) is 4.66. The van der Waals surface area contributed by atoms with Gasteiger partial charge in [0.1, 0.15) is 22.8 Å². The van der Waals surface area contributed by atoms with Crippen LogP contribution in [0.5, 0.6) is 11.5 Å². The number of nitrogens with one attached hydrogen (secondary N) is 1. The van der Waals surface area contributed by atoms with Gasteiger partial charge in [-0.25, -0.2) is 9.97 Å². The number of imidazole rings is 1. The zero-order valence-corrected chi connectivity index (χ0v) is 20.8. The number of aryl methyl sites for hydroxylation is 1. The van der Waals surface area contributed by atoms with Crippen molar-refractivity contribution in [3.63, 3.8) is 0 Å². The molecule has 0 spiro atoms. The average molecular weight is 455 g/mol. The maximum atomic E-state index is 5.84. The highest BCUT2D eigenvalue weighted by Gasteiger charge is 2.18. The first-order chi connectivity index (χ1) is 15.9. The fraction of sp³-hybridized carbons (Fsp3) is 0.520. The van der Waals surface area contributed by atoms with Crippen LogP contribution in [-0.4, -0.2) is 48.4 Å². The molecule has 3 rings (SSSR count). The van der Waals surface area contributed by atoms with Gasteiger partial charge in [0.25, 0.3) is 0 Å². The molecule has 0 bridgehead atoms. The Morgan fingerprint density at radius 2 is 1.73 bits per heavy atom. The Hall–Kier alpha value is -3.00. The number of rotatable bonds is 12. The molecule has 0 atom stereocenters. The molecule has 33 heavy (non-hydrogen) atoms. The highest BCUT2D eigenvalue weighted by molar-refractivity contribution is 5.79. The molecule has 2 aromatic heterocycles. The van der Waals surface area contributed by atoms with E-state index >= 15 is 0 Å². The van der Waals surface area contributed by atoms with Crippen LogP contribution in [0.15, 0.2) is 30.3 Å². The Labute approximate surface area is 197 Å². The number of benzene rings is 1. The summed E-state index contributed by atoms with van der Waals surface area (Å²) in [6, 6.07) is 9.77. The Morgan fingerprint density at radius 1 is 1.00 bits per heavy atom. The number of ether oxygens (including phenoxy) is 2. The van der Waals surface area contributed by atoms with Crippen LogP contribution in [0.2, 0.25) is 0 Å². The highest BCUT2D eigenvalue weighted by Crippen LogP contribution is 2.33. The molecule has 0 saturated heterocycles. The van der Waals surface area contributed by atoms with Crippen molar-refractivity contribution >= 4 is 28.6 Å². The molecule has 2 heterocycles. The first kappa shape index (κ1) is 24.6. The second-order valence-electron chi connectivity index (χ2n) is 9.13. The molecule has 3 aromatic rings. The molecular formula is C25H38N6O2. The van der Waals surface area contributed by atoms with E-state index in [4.69, 9.17) is 25.2 Å². The smallest absolute Gasteiger partial charge is 0.209 e. The van der Waals surface area contributed by atoms with Crippen LogP contribution in [-0.2, 0) is 6.54 Å². The zero-order valence-electron chi connectivity index (χ0n) is 20.8. The molecule has 0 fully saturated rings. The minimum absolute atomic E-state index is 0.543. The largest absolute Gasteiger partial charge is 0.497 e. The van der Waals surface area contributed by atoms with E-state index in [1.807, 2.05) is 18.2 Å². The zero-order chi connectivity index (χ0) is 24.0. The lowest BCUT2D eigenvalue weighted by molar-refractivity contribution is 0.404. The standard InChI is InChI=1S/C25H38N6O2/c1-17(2)15-30(16-18(3)4)23-11-9-20-24(29-23)31(13-7-12-26)25(27-20)28-21-14-19(32-5)8-10-22(21)33-6/h8-11,14,17-18H,7,12-13,15-16,26H2,1-6H3,(H,27,28). The first-order valence-electron chi connectivity index (χ1n) is 11.7. The van der Waals surface area contributed by atoms with Crippen molar-refractivity contribution in [1.82, 2.24) is 14.5 Å². The van der Waals surface area contributed by atoms with Crippen molar-refractivity contribution in [2.45, 2.75) is 40.7 Å². The van der Waals surface area contributed by atoms with E-state index in [0.29, 0.717) is 36.6 Å². The monoisotopic (exact) mass is 454 g/mol. The van der Waals surface area contributed by atoms with Crippen molar-refractivity contribution in [1.29, 1.82) is 0 Å². The topological polar surface area (TPSA) is 90.5 Å². The van der Waals surface area contributed by atoms with Crippen molar-refractivity contribution < 1.29 is 9.47 Å². The summed E-state index contributed by atoms with van der Waals surface area (Å²) in [5, 5.41) is 3.43. The second-order valence-corrected chi connectivity index (χ2v) is 9.13. The number of anilines is 3. The SMILES string of the molecule is COc1ccc(OC)c(Nc2nc3ccc(N(CC(C)C)CC(C)C)nc3n2CCCN)c1. The number of pyridine rings is 1. The van der Waals surface area contributed by atoms with Gasteiger partial charge in [-0.2, -0.15) is 0 Å². The quantitative estimate of drug-likeness (QED) is 0.411. The number of fused-ring (bicyclic) bond motifs is 1. The van der Waals surface area contributed by atoms with Gasteiger partial charge in [0.05, 0.1) is 19.9 Å². The minimum Gasteiger partial charge on any atom is -0.497 e. The van der Waals surface area contributed by atoms with E-state index in [-0.39, 0.29) is 0 Å². The average Bonchev–Trinajstić information content (AvgIpc) is 3.12. The molecule has 180 valence electrons. The van der Waals surface area contributed by atoms with E-state index in [1.165, 1.54) is 0 Å². The highest BCUT2D eigenvalue weighted by atomic mass is 16.5. The maximum Gasteiger partial charge on any atom is 0.209 e. The van der Waals surface area contributed by atoms with Crippen LogP contribution in [0.1, 0.15) is 34.1 Å². The van der Waals surface area contributed by atoms with Crippen LogP contribution in [0.4, 0.5) is 17.5 Å². The Bertz CT molecular complexity index is 1040. The summed E-state index contributed by atoms with van der Waals surface area (Å²) < 4.78 is 13.0. The number of aromatic nitrogens is 3. The van der Waals surface area contributed by atoms with E-state index in [9.17, 15) is 0 Å². The first-order valence-corrected chi connectivity index (χ1v) is 11.7. The third-order valence-electron chi connectivity index (χ3n) is 5.31. The third kappa shape index (κ3) is 6.07. The number of hydrogen-bond acceptors (Lipinski definition) is 7. The minimum atomic E-state index is 0.543. The molecule has 0 aliphatic heterocycles. The summed E-state index contributed by atoms with van der Waals surface area (Å²) in [4.78, 5) is 12.3. The van der Waals surface area contributed by atoms with Crippen LogP contribution in [0.25, 0.3) is 11.2 Å². The van der Waals surface area contributed by atoms with Crippen molar-refractivity contribution in [2.75, 3.05) is 44.1 Å². The van der Waals surface area contributed by atoms with Gasteiger partial charge < -0.3 is 25.4 Å². The van der Waals surface area contributed by atoms with Gasteiger partial charge in [0.2, 0.25) is 5.95 Å². The van der Waals surface area contributed by atoms with Crippen LogP contribution in [0, 0.1) is 11.8 Å². The van der Waals surface area contributed by atoms with Gasteiger partial charge in [-0.1, -0.05) is 27.7 Å². The van der Waals surface area contributed by atoms with Gasteiger partial charge in [-0.15, -0.1) is 0 Å². The molecule has 0 aliphatic rings. The van der Waals surface area contributed by atoms with Gasteiger partial charge >= 0.3 is 0 Å². The number of hydrogen-bond donors (Lipinski definition) is 2. The van der Waals surface area contributed by atoms with Crippen molar-refractivity contribution in [2.24, 2.45) is 17.6 Å². The van der Waals surface area contributed by atoms with Crippen molar-refractivity contribution in [3.8, 4) is 11.5 Å². The normalized spacial score (nSPS) is 11.4. The fourth-order valence-electron chi connectivity index (χ4n) is 3.90. The van der Waals surface area contributed by atoms with Crippen LogP contribution >= 0.6 is 0 Å². The summed E-state index contributed by atoms with van der Waals surface area (Å²) in [6.07, 6.45) is 0.822. The van der Waals surface area contributed by atoms with E-state index < -0.39 is 0 Å². The molecule has 8 nitrogen and oxygen atoms in total. The summed E-state index contributed by atoms with van der Waals surface area (Å²) in [7, 11) is 3.30. The summed E-state index contributed by atoms with van der Waals surface area (Å²) in [5.74, 6) is 4.21. The third-order valence-corrected chi connectivity index (χ3v) is 5.31. The molecule has 1 aromatic carbocycles. The molecular weight excluding hydrogens is 416 g/mol.